The van der Waals surface area contributed by atoms with Crippen LogP contribution in [0.3, 0.4) is 0 Å². The molecule has 1 aliphatic rings. The summed E-state index contributed by atoms with van der Waals surface area (Å²) in [4.78, 5) is 19.1. The highest BCUT2D eigenvalue weighted by Crippen LogP contribution is 2.30. The number of β-amino-alcohol motifs (C(OH)–C–C–N with tert-alkyl or cyclic N) is 1. The zero-order chi connectivity index (χ0) is 14.8. The maximum Gasteiger partial charge on any atom is 0.156 e. The van der Waals surface area contributed by atoms with Gasteiger partial charge in [0.2, 0.25) is 0 Å². The standard InChI is InChI=1S/C15H21N5O/c1-10-8-12(14-16-9-11(2)18-14)19-15(17-10)13-4-3-5-20(13)6-7-21/h8-9,13,21H,3-7H2,1-2H3,(H,16,18)/t13-/m1/s1. The predicted molar refractivity (Wildman–Crippen MR) is 79.7 cm³/mol. The van der Waals surface area contributed by atoms with Crippen molar-refractivity contribution in [2.45, 2.75) is 32.7 Å². The molecule has 0 unspecified atom stereocenters. The van der Waals surface area contributed by atoms with Crippen LogP contribution in [-0.2, 0) is 0 Å². The van der Waals surface area contributed by atoms with Gasteiger partial charge in [0.15, 0.2) is 5.82 Å². The number of hydrogen-bond donors (Lipinski definition) is 2. The lowest BCUT2D eigenvalue weighted by Crippen LogP contribution is -2.27. The summed E-state index contributed by atoms with van der Waals surface area (Å²) in [5, 5.41) is 9.18. The Morgan fingerprint density at radius 1 is 1.38 bits per heavy atom. The summed E-state index contributed by atoms with van der Waals surface area (Å²) >= 11 is 0. The number of aliphatic hydroxyl groups excluding tert-OH is 1. The molecule has 0 radical (unpaired) electrons. The van der Waals surface area contributed by atoms with E-state index in [1.807, 2.05) is 19.9 Å². The monoisotopic (exact) mass is 287 g/mol. The molecule has 21 heavy (non-hydrogen) atoms. The van der Waals surface area contributed by atoms with Crippen LogP contribution >= 0.6 is 0 Å². The Hall–Kier alpha value is -1.79. The number of rotatable bonds is 4. The average molecular weight is 287 g/mol. The quantitative estimate of drug-likeness (QED) is 0.893. The van der Waals surface area contributed by atoms with Crippen LogP contribution in [0.15, 0.2) is 12.3 Å². The molecular formula is C15H21N5O. The molecule has 0 spiro atoms. The fourth-order valence-electron chi connectivity index (χ4n) is 2.92. The van der Waals surface area contributed by atoms with Gasteiger partial charge in [-0.25, -0.2) is 15.0 Å². The molecule has 0 aliphatic carbocycles. The van der Waals surface area contributed by atoms with Crippen LogP contribution in [0.5, 0.6) is 0 Å². The summed E-state index contributed by atoms with van der Waals surface area (Å²) in [7, 11) is 0. The summed E-state index contributed by atoms with van der Waals surface area (Å²) in [5.41, 5.74) is 2.80. The number of aromatic nitrogens is 4. The molecule has 0 amide bonds. The minimum atomic E-state index is 0.173. The SMILES string of the molecule is Cc1cc(-c2ncc(C)[nH]2)nc([C@H]2CCCN2CCO)n1. The molecule has 3 heterocycles. The second kappa shape index (κ2) is 5.91. The van der Waals surface area contributed by atoms with Gasteiger partial charge in [0.25, 0.3) is 0 Å². The third kappa shape index (κ3) is 2.96. The molecule has 2 aromatic rings. The van der Waals surface area contributed by atoms with E-state index in [0.717, 1.165) is 48.1 Å². The van der Waals surface area contributed by atoms with E-state index >= 15 is 0 Å². The number of aromatic amines is 1. The van der Waals surface area contributed by atoms with Gasteiger partial charge in [-0.2, -0.15) is 0 Å². The van der Waals surface area contributed by atoms with Gasteiger partial charge in [-0.3, -0.25) is 4.90 Å². The molecule has 0 saturated carbocycles. The topological polar surface area (TPSA) is 77.9 Å². The Morgan fingerprint density at radius 2 is 2.24 bits per heavy atom. The molecule has 1 aliphatic heterocycles. The molecule has 2 aromatic heterocycles. The number of H-pyrrole nitrogens is 1. The van der Waals surface area contributed by atoms with Crippen molar-refractivity contribution < 1.29 is 5.11 Å². The summed E-state index contributed by atoms with van der Waals surface area (Å²) in [6, 6.07) is 2.15. The molecular weight excluding hydrogens is 266 g/mol. The van der Waals surface area contributed by atoms with E-state index in [4.69, 9.17) is 4.98 Å². The summed E-state index contributed by atoms with van der Waals surface area (Å²) in [6.45, 7) is 5.81. The van der Waals surface area contributed by atoms with Crippen LogP contribution in [0.1, 0.15) is 36.1 Å². The summed E-state index contributed by atoms with van der Waals surface area (Å²) < 4.78 is 0. The molecule has 6 heteroatoms. The highest BCUT2D eigenvalue weighted by atomic mass is 16.3. The highest BCUT2D eigenvalue weighted by Gasteiger charge is 2.28. The van der Waals surface area contributed by atoms with E-state index in [2.05, 4.69) is 19.9 Å². The molecule has 2 N–H and O–H groups in total. The first-order valence-electron chi connectivity index (χ1n) is 7.40. The lowest BCUT2D eigenvalue weighted by molar-refractivity contribution is 0.181. The van der Waals surface area contributed by atoms with E-state index in [9.17, 15) is 5.11 Å². The Bertz CT molecular complexity index is 624. The number of nitrogens with zero attached hydrogens (tertiary/aromatic N) is 4. The molecule has 1 atom stereocenters. The molecule has 3 rings (SSSR count). The highest BCUT2D eigenvalue weighted by molar-refractivity contribution is 5.50. The van der Waals surface area contributed by atoms with Crippen LogP contribution in [0.25, 0.3) is 11.5 Å². The maximum absolute atomic E-state index is 9.18. The van der Waals surface area contributed by atoms with Gasteiger partial charge in [0, 0.05) is 24.1 Å². The summed E-state index contributed by atoms with van der Waals surface area (Å²) in [6.07, 6.45) is 3.97. The average Bonchev–Trinajstić information content (AvgIpc) is 3.07. The molecule has 6 nitrogen and oxygen atoms in total. The zero-order valence-electron chi connectivity index (χ0n) is 12.5. The van der Waals surface area contributed by atoms with Crippen LogP contribution < -0.4 is 0 Å². The van der Waals surface area contributed by atoms with Crippen LogP contribution in [0, 0.1) is 13.8 Å². The van der Waals surface area contributed by atoms with Crippen LogP contribution in [0.2, 0.25) is 0 Å². The smallest absolute Gasteiger partial charge is 0.156 e. The van der Waals surface area contributed by atoms with Gasteiger partial charge in [-0.15, -0.1) is 0 Å². The van der Waals surface area contributed by atoms with E-state index in [1.54, 1.807) is 6.20 Å². The van der Waals surface area contributed by atoms with Crippen LogP contribution in [0.4, 0.5) is 0 Å². The molecule has 1 saturated heterocycles. The van der Waals surface area contributed by atoms with Crippen molar-refractivity contribution >= 4 is 0 Å². The zero-order valence-corrected chi connectivity index (χ0v) is 12.5. The second-order valence-electron chi connectivity index (χ2n) is 5.59. The first-order valence-corrected chi connectivity index (χ1v) is 7.40. The largest absolute Gasteiger partial charge is 0.395 e. The van der Waals surface area contributed by atoms with Gasteiger partial charge in [0.1, 0.15) is 11.5 Å². The van der Waals surface area contributed by atoms with Crippen molar-refractivity contribution in [3.8, 4) is 11.5 Å². The summed E-state index contributed by atoms with van der Waals surface area (Å²) in [5.74, 6) is 1.62. The second-order valence-corrected chi connectivity index (χ2v) is 5.59. The number of likely N-dealkylation sites (tertiary alicyclic amines) is 1. The van der Waals surface area contributed by atoms with Gasteiger partial charge in [0.05, 0.1) is 12.6 Å². The van der Waals surface area contributed by atoms with Gasteiger partial charge < -0.3 is 10.1 Å². The Kier molecular flexibility index (Phi) is 3.98. The number of hydrogen-bond acceptors (Lipinski definition) is 5. The van der Waals surface area contributed by atoms with Crippen molar-refractivity contribution in [3.63, 3.8) is 0 Å². The van der Waals surface area contributed by atoms with Crippen molar-refractivity contribution in [1.29, 1.82) is 0 Å². The first-order chi connectivity index (χ1) is 10.2. The Balaban J connectivity index is 1.94. The number of imidazole rings is 1. The van der Waals surface area contributed by atoms with Crippen molar-refractivity contribution in [3.05, 3.63) is 29.5 Å². The van der Waals surface area contributed by atoms with E-state index in [0.29, 0.717) is 6.54 Å². The Labute approximate surface area is 124 Å². The lowest BCUT2D eigenvalue weighted by Gasteiger charge is -2.22. The normalized spacial score (nSPS) is 19.3. The fraction of sp³-hybridized carbons (Fsp3) is 0.533. The van der Waals surface area contributed by atoms with Crippen molar-refractivity contribution in [2.24, 2.45) is 0 Å². The molecule has 1 fully saturated rings. The molecule has 0 aromatic carbocycles. The first kappa shape index (κ1) is 14.2. The van der Waals surface area contributed by atoms with E-state index < -0.39 is 0 Å². The van der Waals surface area contributed by atoms with Crippen molar-refractivity contribution in [2.75, 3.05) is 19.7 Å². The number of aliphatic hydroxyl groups is 1. The third-order valence-corrected chi connectivity index (χ3v) is 3.87. The van der Waals surface area contributed by atoms with E-state index in [-0.39, 0.29) is 12.6 Å². The van der Waals surface area contributed by atoms with Gasteiger partial charge in [-0.05, 0) is 39.3 Å². The van der Waals surface area contributed by atoms with Crippen LogP contribution in [-0.4, -0.2) is 49.6 Å². The maximum atomic E-state index is 9.18. The molecule has 0 bridgehead atoms. The lowest BCUT2D eigenvalue weighted by atomic mass is 10.2. The number of nitrogens with one attached hydrogen (secondary N) is 1. The number of aryl methyl sites for hydroxylation is 2. The predicted octanol–water partition coefficient (Wildman–Crippen LogP) is 1.61. The fourth-order valence-corrected chi connectivity index (χ4v) is 2.92. The van der Waals surface area contributed by atoms with Gasteiger partial charge >= 0.3 is 0 Å². The van der Waals surface area contributed by atoms with E-state index in [1.165, 1.54) is 0 Å². The van der Waals surface area contributed by atoms with Gasteiger partial charge in [-0.1, -0.05) is 0 Å². The third-order valence-electron chi connectivity index (χ3n) is 3.87. The minimum Gasteiger partial charge on any atom is -0.395 e. The Morgan fingerprint density at radius 3 is 2.95 bits per heavy atom. The minimum absolute atomic E-state index is 0.173. The van der Waals surface area contributed by atoms with Crippen molar-refractivity contribution in [1.82, 2.24) is 24.8 Å². The molecule has 112 valence electrons.